The van der Waals surface area contributed by atoms with Crippen LogP contribution in [0.5, 0.6) is 5.75 Å². The van der Waals surface area contributed by atoms with Gasteiger partial charge in [-0.2, -0.15) is 0 Å². The van der Waals surface area contributed by atoms with E-state index in [1.165, 1.54) is 7.11 Å². The van der Waals surface area contributed by atoms with Crippen LogP contribution in [0.1, 0.15) is 29.2 Å². The zero-order valence-corrected chi connectivity index (χ0v) is 11.6. The predicted molar refractivity (Wildman–Crippen MR) is 74.6 cm³/mol. The van der Waals surface area contributed by atoms with Crippen molar-refractivity contribution in [1.29, 1.82) is 0 Å². The van der Waals surface area contributed by atoms with E-state index in [1.807, 2.05) is 4.57 Å². The summed E-state index contributed by atoms with van der Waals surface area (Å²) in [5, 5.41) is 2.72. The number of carbonyl (C=O) groups excluding carboxylic acids is 1. The minimum absolute atomic E-state index is 0.0628. The van der Waals surface area contributed by atoms with Gasteiger partial charge in [-0.1, -0.05) is 0 Å². The molecule has 0 spiro atoms. The molecular formula is C14H15N3O4. The van der Waals surface area contributed by atoms with Crippen LogP contribution in [-0.4, -0.2) is 22.6 Å². The number of anilines is 1. The molecule has 0 aliphatic carbocycles. The quantitative estimate of drug-likeness (QED) is 0.923. The van der Waals surface area contributed by atoms with Crippen LogP contribution in [-0.2, 0) is 13.0 Å². The summed E-state index contributed by atoms with van der Waals surface area (Å²) in [5.41, 5.74) is -0.399. The van der Waals surface area contributed by atoms with E-state index >= 15 is 0 Å². The number of carbonyl (C=O) groups is 1. The van der Waals surface area contributed by atoms with E-state index in [2.05, 4.69) is 10.3 Å². The van der Waals surface area contributed by atoms with Crippen molar-refractivity contribution in [3.05, 3.63) is 40.3 Å². The van der Waals surface area contributed by atoms with Crippen molar-refractivity contribution in [3.63, 3.8) is 0 Å². The molecule has 1 aliphatic rings. The number of fused-ring (bicyclic) bond motifs is 1. The molecule has 0 fully saturated rings. The molecule has 0 bridgehead atoms. The molecule has 2 aromatic heterocycles. The number of nitrogens with zero attached hydrogens (tertiary/aromatic N) is 2. The number of rotatable bonds is 3. The number of nitrogens with one attached hydrogen (secondary N) is 1. The Labute approximate surface area is 120 Å². The molecule has 0 aromatic carbocycles. The number of aromatic nitrogens is 2. The SMILES string of the molecule is COc1coc(C(=O)Nc2cnc3n2CCCC3)cc1=O. The fraction of sp³-hybridized carbons (Fsp3) is 0.357. The summed E-state index contributed by atoms with van der Waals surface area (Å²) in [6, 6.07) is 1.11. The summed E-state index contributed by atoms with van der Waals surface area (Å²) in [6.45, 7) is 0.831. The number of amides is 1. The third kappa shape index (κ3) is 2.54. The number of aryl methyl sites for hydroxylation is 1. The molecule has 3 rings (SSSR count). The van der Waals surface area contributed by atoms with Crippen LogP contribution >= 0.6 is 0 Å². The Balaban J connectivity index is 1.82. The highest BCUT2D eigenvalue weighted by Gasteiger charge is 2.18. The van der Waals surface area contributed by atoms with E-state index in [-0.39, 0.29) is 11.5 Å². The van der Waals surface area contributed by atoms with Crippen LogP contribution in [0.4, 0.5) is 5.82 Å². The van der Waals surface area contributed by atoms with Gasteiger partial charge in [-0.05, 0) is 12.8 Å². The molecular weight excluding hydrogens is 274 g/mol. The van der Waals surface area contributed by atoms with E-state index in [4.69, 9.17) is 9.15 Å². The van der Waals surface area contributed by atoms with Crippen LogP contribution in [0.25, 0.3) is 0 Å². The molecule has 21 heavy (non-hydrogen) atoms. The van der Waals surface area contributed by atoms with Gasteiger partial charge in [-0.3, -0.25) is 9.59 Å². The number of imidazole rings is 1. The van der Waals surface area contributed by atoms with E-state index in [0.717, 1.165) is 44.0 Å². The third-order valence-electron chi connectivity index (χ3n) is 3.45. The lowest BCUT2D eigenvalue weighted by Gasteiger charge is -2.16. The number of hydrogen-bond donors (Lipinski definition) is 1. The first-order valence-corrected chi connectivity index (χ1v) is 6.71. The Bertz CT molecular complexity index is 732. The van der Waals surface area contributed by atoms with Crippen LogP contribution in [0.15, 0.2) is 27.7 Å². The molecule has 2 aromatic rings. The molecule has 0 saturated heterocycles. The first kappa shape index (κ1) is 13.4. The smallest absolute Gasteiger partial charge is 0.292 e. The zero-order valence-electron chi connectivity index (χ0n) is 11.6. The summed E-state index contributed by atoms with van der Waals surface area (Å²) in [7, 11) is 1.37. The molecule has 7 nitrogen and oxygen atoms in total. The zero-order chi connectivity index (χ0) is 14.8. The van der Waals surface area contributed by atoms with Gasteiger partial charge in [0.1, 0.15) is 17.9 Å². The number of ether oxygens (including phenoxy) is 1. The monoisotopic (exact) mass is 289 g/mol. The summed E-state index contributed by atoms with van der Waals surface area (Å²) in [6.07, 6.45) is 5.83. The van der Waals surface area contributed by atoms with Crippen molar-refractivity contribution in [3.8, 4) is 5.75 Å². The van der Waals surface area contributed by atoms with E-state index in [0.29, 0.717) is 5.82 Å². The van der Waals surface area contributed by atoms with Crippen LogP contribution in [0.2, 0.25) is 0 Å². The van der Waals surface area contributed by atoms with Gasteiger partial charge >= 0.3 is 0 Å². The van der Waals surface area contributed by atoms with Gasteiger partial charge in [-0.15, -0.1) is 0 Å². The molecule has 0 radical (unpaired) electrons. The summed E-state index contributed by atoms with van der Waals surface area (Å²) < 4.78 is 11.9. The molecule has 7 heteroatoms. The second-order valence-electron chi connectivity index (χ2n) is 4.80. The maximum atomic E-state index is 12.1. The highest BCUT2D eigenvalue weighted by atomic mass is 16.5. The minimum Gasteiger partial charge on any atom is -0.490 e. The molecule has 1 aliphatic heterocycles. The molecule has 110 valence electrons. The Hall–Kier alpha value is -2.57. The molecule has 0 atom stereocenters. The summed E-state index contributed by atoms with van der Waals surface area (Å²) in [4.78, 5) is 28.0. The topological polar surface area (TPSA) is 86.4 Å². The fourth-order valence-corrected chi connectivity index (χ4v) is 2.36. The van der Waals surface area contributed by atoms with Crippen molar-refractivity contribution in [1.82, 2.24) is 9.55 Å². The second-order valence-corrected chi connectivity index (χ2v) is 4.80. The van der Waals surface area contributed by atoms with Gasteiger partial charge in [0, 0.05) is 19.0 Å². The van der Waals surface area contributed by atoms with Gasteiger partial charge in [0.05, 0.1) is 13.3 Å². The van der Waals surface area contributed by atoms with Gasteiger partial charge < -0.3 is 19.0 Å². The Morgan fingerprint density at radius 2 is 2.33 bits per heavy atom. The van der Waals surface area contributed by atoms with Crippen molar-refractivity contribution in [2.24, 2.45) is 0 Å². The Morgan fingerprint density at radius 3 is 3.10 bits per heavy atom. The van der Waals surface area contributed by atoms with E-state index in [9.17, 15) is 9.59 Å². The number of methoxy groups -OCH3 is 1. The largest absolute Gasteiger partial charge is 0.490 e. The number of hydrogen-bond acceptors (Lipinski definition) is 5. The van der Waals surface area contributed by atoms with Gasteiger partial charge in [0.2, 0.25) is 11.2 Å². The first-order valence-electron chi connectivity index (χ1n) is 6.71. The van der Waals surface area contributed by atoms with Gasteiger partial charge in [0.15, 0.2) is 5.76 Å². The van der Waals surface area contributed by atoms with Crippen LogP contribution < -0.4 is 15.5 Å². The standard InChI is InChI=1S/C14H15N3O4/c1-20-11-8-21-10(6-9(11)18)14(19)16-13-7-15-12-4-2-3-5-17(12)13/h6-8H,2-5H2,1H3,(H,16,19). The summed E-state index contributed by atoms with van der Waals surface area (Å²) in [5.74, 6) is 1.10. The van der Waals surface area contributed by atoms with Crippen molar-refractivity contribution >= 4 is 11.7 Å². The molecule has 0 unspecified atom stereocenters. The normalized spacial score (nSPS) is 13.6. The predicted octanol–water partition coefficient (Wildman–Crippen LogP) is 1.43. The van der Waals surface area contributed by atoms with Crippen LogP contribution in [0, 0.1) is 0 Å². The van der Waals surface area contributed by atoms with Gasteiger partial charge in [0.25, 0.3) is 5.91 Å². The molecule has 0 saturated carbocycles. The van der Waals surface area contributed by atoms with Gasteiger partial charge in [-0.25, -0.2) is 4.98 Å². The molecule has 1 amide bonds. The maximum absolute atomic E-state index is 12.1. The third-order valence-corrected chi connectivity index (χ3v) is 3.45. The van der Waals surface area contributed by atoms with Crippen molar-refractivity contribution < 1.29 is 13.9 Å². The second kappa shape index (κ2) is 5.43. The maximum Gasteiger partial charge on any atom is 0.292 e. The van der Waals surface area contributed by atoms with E-state index < -0.39 is 11.3 Å². The Morgan fingerprint density at radius 1 is 1.48 bits per heavy atom. The van der Waals surface area contributed by atoms with Crippen molar-refractivity contribution in [2.45, 2.75) is 25.8 Å². The highest BCUT2D eigenvalue weighted by molar-refractivity contribution is 6.01. The minimum atomic E-state index is -0.483. The van der Waals surface area contributed by atoms with Crippen LogP contribution in [0.3, 0.4) is 0 Å². The Kier molecular flexibility index (Phi) is 3.47. The molecule has 1 N–H and O–H groups in total. The molecule has 3 heterocycles. The summed E-state index contributed by atoms with van der Waals surface area (Å²) >= 11 is 0. The highest BCUT2D eigenvalue weighted by Crippen LogP contribution is 2.20. The fourth-order valence-electron chi connectivity index (χ4n) is 2.36. The average molecular weight is 289 g/mol. The first-order chi connectivity index (χ1) is 10.2. The van der Waals surface area contributed by atoms with Crippen molar-refractivity contribution in [2.75, 3.05) is 12.4 Å². The average Bonchev–Trinajstić information content (AvgIpc) is 2.90. The lowest BCUT2D eigenvalue weighted by Crippen LogP contribution is -2.19. The van der Waals surface area contributed by atoms with E-state index in [1.54, 1.807) is 6.20 Å². The lowest BCUT2D eigenvalue weighted by atomic mass is 10.2. The lowest BCUT2D eigenvalue weighted by molar-refractivity contribution is 0.0992.